The van der Waals surface area contributed by atoms with E-state index >= 15 is 0 Å². The van der Waals surface area contributed by atoms with Gasteiger partial charge in [-0.15, -0.1) is 0 Å². The second kappa shape index (κ2) is 8.22. The van der Waals surface area contributed by atoms with Gasteiger partial charge < -0.3 is 4.74 Å². The molecule has 0 N–H and O–H groups in total. The average Bonchev–Trinajstić information content (AvgIpc) is 2.65. The number of rotatable bonds is 6. The van der Waals surface area contributed by atoms with Gasteiger partial charge in [0, 0.05) is 7.11 Å². The van der Waals surface area contributed by atoms with Crippen LogP contribution in [0.3, 0.4) is 0 Å². The summed E-state index contributed by atoms with van der Waals surface area (Å²) in [5.41, 5.74) is 6.10. The fraction of sp³-hybridized carbons (Fsp3) is 0.440. The van der Waals surface area contributed by atoms with Crippen LogP contribution in [0.5, 0.6) is 0 Å². The van der Waals surface area contributed by atoms with Gasteiger partial charge in [0.15, 0.2) is 0 Å². The molecule has 138 valence electrons. The summed E-state index contributed by atoms with van der Waals surface area (Å²) >= 11 is 0. The van der Waals surface area contributed by atoms with Crippen molar-refractivity contribution < 1.29 is 4.74 Å². The first-order chi connectivity index (χ1) is 12.5. The zero-order valence-electron chi connectivity index (χ0n) is 16.7. The Labute approximate surface area is 159 Å². The second-order valence-electron chi connectivity index (χ2n) is 8.18. The van der Waals surface area contributed by atoms with Crippen molar-refractivity contribution >= 4 is 0 Å². The van der Waals surface area contributed by atoms with Crippen molar-refractivity contribution in [2.45, 2.75) is 52.6 Å². The van der Waals surface area contributed by atoms with Gasteiger partial charge in [0.2, 0.25) is 0 Å². The Morgan fingerprint density at radius 3 is 2.19 bits per heavy atom. The highest BCUT2D eigenvalue weighted by molar-refractivity contribution is 5.29. The van der Waals surface area contributed by atoms with Crippen molar-refractivity contribution in [3.05, 3.63) is 82.9 Å². The lowest BCUT2D eigenvalue weighted by atomic mass is 9.61. The van der Waals surface area contributed by atoms with Crippen LogP contribution in [0.2, 0.25) is 0 Å². The predicted octanol–water partition coefficient (Wildman–Crippen LogP) is 6.76. The summed E-state index contributed by atoms with van der Waals surface area (Å²) in [4.78, 5) is 0. The Kier molecular flexibility index (Phi) is 5.98. The Balaban J connectivity index is 1.84. The lowest BCUT2D eigenvalue weighted by molar-refractivity contribution is -0.000794. The largest absolute Gasteiger partial charge is 0.376 e. The fourth-order valence-corrected chi connectivity index (χ4v) is 4.81. The molecule has 0 fully saturated rings. The first-order valence-corrected chi connectivity index (χ1v) is 9.84. The van der Waals surface area contributed by atoms with Gasteiger partial charge in [-0.1, -0.05) is 85.7 Å². The van der Waals surface area contributed by atoms with E-state index in [1.54, 1.807) is 11.1 Å². The van der Waals surface area contributed by atoms with Crippen LogP contribution < -0.4 is 0 Å². The summed E-state index contributed by atoms with van der Waals surface area (Å²) in [6, 6.07) is 21.6. The SMILES string of the molecule is COC(c1ccccc1)[C@H]1CCC(C)=C(CCc2ccccc2)C1(C)C. The number of hydrogen-bond donors (Lipinski definition) is 0. The molecule has 2 aromatic carbocycles. The van der Waals surface area contributed by atoms with Gasteiger partial charge in [0.1, 0.15) is 0 Å². The Bertz CT molecular complexity index is 727. The van der Waals surface area contributed by atoms with Crippen LogP contribution in [-0.2, 0) is 11.2 Å². The van der Waals surface area contributed by atoms with Crippen molar-refractivity contribution in [2.24, 2.45) is 11.3 Å². The lowest BCUT2D eigenvalue weighted by Gasteiger charge is -2.45. The summed E-state index contributed by atoms with van der Waals surface area (Å²) in [6.45, 7) is 7.19. The molecule has 1 aliphatic rings. The van der Waals surface area contributed by atoms with Gasteiger partial charge in [0.25, 0.3) is 0 Å². The number of hydrogen-bond acceptors (Lipinski definition) is 1. The number of methoxy groups -OCH3 is 1. The van der Waals surface area contributed by atoms with Crippen LogP contribution in [0, 0.1) is 11.3 Å². The molecule has 2 aromatic rings. The molecule has 0 heterocycles. The maximum absolute atomic E-state index is 6.04. The van der Waals surface area contributed by atoms with E-state index in [9.17, 15) is 0 Å². The number of benzene rings is 2. The minimum absolute atomic E-state index is 0.146. The summed E-state index contributed by atoms with van der Waals surface area (Å²) in [6.07, 6.45) is 4.80. The van der Waals surface area contributed by atoms with Crippen LogP contribution in [0.4, 0.5) is 0 Å². The van der Waals surface area contributed by atoms with Crippen LogP contribution in [-0.4, -0.2) is 7.11 Å². The van der Waals surface area contributed by atoms with E-state index in [4.69, 9.17) is 4.74 Å². The number of aryl methyl sites for hydroxylation is 1. The lowest BCUT2D eigenvalue weighted by Crippen LogP contribution is -2.36. The van der Waals surface area contributed by atoms with E-state index in [0.29, 0.717) is 5.92 Å². The van der Waals surface area contributed by atoms with E-state index in [2.05, 4.69) is 81.4 Å². The fourth-order valence-electron chi connectivity index (χ4n) is 4.81. The van der Waals surface area contributed by atoms with Gasteiger partial charge >= 0.3 is 0 Å². The normalized spacial score (nSPS) is 20.8. The molecule has 0 aliphatic heterocycles. The molecule has 2 atom stereocenters. The average molecular weight is 349 g/mol. The van der Waals surface area contributed by atoms with E-state index in [0.717, 1.165) is 12.8 Å². The molecule has 3 rings (SSSR count). The molecule has 1 aliphatic carbocycles. The third-order valence-electron chi connectivity index (χ3n) is 6.30. The van der Waals surface area contributed by atoms with Gasteiger partial charge in [-0.2, -0.15) is 0 Å². The molecule has 0 saturated heterocycles. The number of allylic oxidation sites excluding steroid dienone is 2. The maximum atomic E-state index is 6.04. The van der Waals surface area contributed by atoms with Gasteiger partial charge in [-0.25, -0.2) is 0 Å². The van der Waals surface area contributed by atoms with Gasteiger partial charge in [-0.3, -0.25) is 0 Å². The second-order valence-corrected chi connectivity index (χ2v) is 8.18. The molecule has 0 saturated carbocycles. The zero-order valence-corrected chi connectivity index (χ0v) is 16.7. The van der Waals surface area contributed by atoms with Crippen molar-refractivity contribution in [2.75, 3.05) is 7.11 Å². The minimum Gasteiger partial charge on any atom is -0.376 e. The maximum Gasteiger partial charge on any atom is 0.0857 e. The summed E-state index contributed by atoms with van der Waals surface area (Å²) < 4.78 is 6.04. The molecule has 0 spiro atoms. The molecule has 0 aromatic heterocycles. The third-order valence-corrected chi connectivity index (χ3v) is 6.30. The smallest absolute Gasteiger partial charge is 0.0857 e. The van der Waals surface area contributed by atoms with Crippen molar-refractivity contribution in [3.8, 4) is 0 Å². The molecule has 1 heteroatoms. The third kappa shape index (κ3) is 3.94. The highest BCUT2D eigenvalue weighted by Crippen LogP contribution is 2.51. The van der Waals surface area contributed by atoms with Gasteiger partial charge in [-0.05, 0) is 55.1 Å². The molecule has 0 radical (unpaired) electrons. The topological polar surface area (TPSA) is 9.23 Å². The first kappa shape index (κ1) is 18.9. The first-order valence-electron chi connectivity index (χ1n) is 9.84. The van der Waals surface area contributed by atoms with Crippen LogP contribution >= 0.6 is 0 Å². The Morgan fingerprint density at radius 2 is 1.58 bits per heavy atom. The van der Waals surface area contributed by atoms with Crippen molar-refractivity contribution in [3.63, 3.8) is 0 Å². The molecular weight excluding hydrogens is 316 g/mol. The summed E-state index contributed by atoms with van der Waals surface area (Å²) in [5.74, 6) is 0.504. The monoisotopic (exact) mass is 348 g/mol. The van der Waals surface area contributed by atoms with Crippen LogP contribution in [0.25, 0.3) is 0 Å². The quantitative estimate of drug-likeness (QED) is 0.524. The highest BCUT2D eigenvalue weighted by Gasteiger charge is 2.41. The predicted molar refractivity (Wildman–Crippen MR) is 110 cm³/mol. The highest BCUT2D eigenvalue weighted by atomic mass is 16.5. The molecule has 1 unspecified atom stereocenters. The van der Waals surface area contributed by atoms with Crippen LogP contribution in [0.1, 0.15) is 57.3 Å². The van der Waals surface area contributed by atoms with E-state index in [1.165, 1.54) is 24.0 Å². The van der Waals surface area contributed by atoms with E-state index in [1.807, 2.05) is 7.11 Å². The van der Waals surface area contributed by atoms with Crippen molar-refractivity contribution in [1.29, 1.82) is 0 Å². The minimum atomic E-state index is 0.146. The Morgan fingerprint density at radius 1 is 0.962 bits per heavy atom. The standard InChI is InChI=1S/C25H32O/c1-19-15-17-23(24(26-4)21-13-9-6-10-14-21)25(2,3)22(19)18-16-20-11-7-5-8-12-20/h5-14,23-24H,15-18H2,1-4H3/t23-,24?/m1/s1. The zero-order chi connectivity index (χ0) is 18.6. The summed E-state index contributed by atoms with van der Waals surface area (Å²) in [5, 5.41) is 0. The van der Waals surface area contributed by atoms with Crippen LogP contribution in [0.15, 0.2) is 71.8 Å². The molecule has 0 bridgehead atoms. The van der Waals surface area contributed by atoms with Crippen molar-refractivity contribution in [1.82, 2.24) is 0 Å². The Hall–Kier alpha value is -1.86. The molecule has 1 nitrogen and oxygen atoms in total. The van der Waals surface area contributed by atoms with Gasteiger partial charge in [0.05, 0.1) is 6.10 Å². The number of ether oxygens (including phenoxy) is 1. The molecule has 0 amide bonds. The molecular formula is C25H32O. The van der Waals surface area contributed by atoms with E-state index in [-0.39, 0.29) is 11.5 Å². The molecule has 26 heavy (non-hydrogen) atoms. The van der Waals surface area contributed by atoms with E-state index < -0.39 is 0 Å². The summed E-state index contributed by atoms with van der Waals surface area (Å²) in [7, 11) is 1.86.